The zero-order chi connectivity index (χ0) is 90.9. The molecule has 4 aliphatic carbocycles. The fourth-order valence-electron chi connectivity index (χ4n) is 15.8. The number of pyridine rings is 2. The number of hydrogen-bond donors (Lipinski definition) is 5. The molecule has 4 saturated carbocycles. The predicted molar refractivity (Wildman–Crippen MR) is 468 cm³/mol. The van der Waals surface area contributed by atoms with Crippen LogP contribution in [-0.4, -0.2) is 198 Å². The van der Waals surface area contributed by atoms with Gasteiger partial charge >= 0.3 is 39.7 Å². The number of alkyl halides is 1. The Hall–Kier alpha value is -10.1. The molecule has 125 heavy (non-hydrogen) atoms. The number of hydrogen-bond acceptors (Lipinski definition) is 25. The van der Waals surface area contributed by atoms with Gasteiger partial charge < -0.3 is 92.4 Å². The Morgan fingerprint density at radius 2 is 0.960 bits per heavy atom. The number of ether oxygens (including phenoxy) is 10. The quantitative estimate of drug-likeness (QED) is 0.00654. The number of methoxy groups -OCH3 is 2. The fourth-order valence-corrected chi connectivity index (χ4v) is 19.9. The zero-order valence-electron chi connectivity index (χ0n) is 73.5. The first kappa shape index (κ1) is 97.1. The van der Waals surface area contributed by atoms with E-state index in [1.165, 1.54) is 22.0 Å². The number of amides is 6. The van der Waals surface area contributed by atoms with Crippen LogP contribution in [0.5, 0.6) is 23.0 Å². The van der Waals surface area contributed by atoms with Crippen molar-refractivity contribution in [2.45, 2.75) is 231 Å². The van der Waals surface area contributed by atoms with E-state index in [9.17, 15) is 52.4 Å². The Balaban J connectivity index is 0.000000239. The first-order valence-electron chi connectivity index (χ1n) is 42.3. The predicted octanol–water partition coefficient (Wildman–Crippen LogP) is 16.5. The number of benzene rings is 4. The van der Waals surface area contributed by atoms with Crippen molar-refractivity contribution in [1.29, 1.82) is 0 Å². The van der Waals surface area contributed by atoms with Gasteiger partial charge in [0.25, 0.3) is 0 Å². The number of alkyl carbamates (subject to hydrolysis) is 2. The summed E-state index contributed by atoms with van der Waals surface area (Å²) in [5.74, 6) is -1.22. The third kappa shape index (κ3) is 24.4. The van der Waals surface area contributed by atoms with Gasteiger partial charge in [0.05, 0.1) is 75.2 Å². The number of nitrogens with zero attached hydrogens (tertiary/aromatic N) is 4. The number of halogens is 1. The van der Waals surface area contributed by atoms with Gasteiger partial charge in [0, 0.05) is 70.8 Å². The summed E-state index contributed by atoms with van der Waals surface area (Å²) < 4.78 is 99.4. The summed E-state index contributed by atoms with van der Waals surface area (Å²) >= 11 is 5.06. The van der Waals surface area contributed by atoms with Crippen LogP contribution in [0.15, 0.2) is 135 Å². The number of likely N-dealkylation sites (tertiary alicyclic amines) is 2. The molecule has 6 amide bonds. The van der Waals surface area contributed by atoms with Crippen molar-refractivity contribution in [3.05, 3.63) is 135 Å². The SMILES string of the molecule is C=C[C@@H]1C[C@]1(NC(=O)[C@@H]1C[C@@H](Oc2cc(-c3ccccc3)nc3cc(OC)ccc23)CN1C(=O)[C@@H](NC(=O)OC1CCCC1)C(C)(C)C)P(=O)(O)OCC.C=C[C@@H]1C[C@]1(NC(=O)[C@@H]1C[C@@H](Oc2cc(-c3ccccc3)nc3cc(OC)ccc23)CN1C(=O)[C@@H](NC(=O)OC1CCCC1)C(C)(C)C)P(=O)(OCC)OCOC(=O)OC(C)C.CC(C)OC(=O)OCCl. The summed E-state index contributed by atoms with van der Waals surface area (Å²) in [7, 11) is -5.48. The van der Waals surface area contributed by atoms with E-state index in [0.717, 1.165) is 62.5 Å². The van der Waals surface area contributed by atoms with Crippen LogP contribution in [0.3, 0.4) is 0 Å². The van der Waals surface area contributed by atoms with Crippen molar-refractivity contribution in [2.24, 2.45) is 22.7 Å². The Bertz CT molecular complexity index is 4910. The van der Waals surface area contributed by atoms with Crippen LogP contribution in [0.25, 0.3) is 44.3 Å². The van der Waals surface area contributed by atoms with Gasteiger partial charge in [-0.15, -0.1) is 13.2 Å². The third-order valence-corrected chi connectivity index (χ3v) is 27.3. The average molecular weight is 1790 g/mol. The standard InChI is InChI=1S/C45H59N4O12P.C40H51N4O9P.C5H9ClO3/c1-9-30-25-45(30,62(54,57-10-2)58-27-56-43(53)59-28(3)4)48-40(50)37-23-33(26-49(37)41(51)39(44(5,6)7)47-42(52)61-31-18-14-15-19-31)60-38-24-35(29-16-12-11-13-17-29)46-36-22-32(55-8)20-21-34(36)38;1-7-26-23-40(26,54(48,49)51-8-2)43-36(45)33-21-29(24-44(33)37(46)35(39(3,4)5)42-38(47)53-27-16-12-13-17-27)52-34-22-31(25-14-10-9-11-15-25)41-32-20-28(50-6)18-19-30(32)34;1-4(2)9-5(7)8-3-6/h9,11-13,16-17,20-22,24,28,30-31,33,37,39H,1,10,14-15,18-19,23,25-27H2,2-8H3,(H,47,52)(H,48,50);7,9-11,14-15,18-20,22,26-27,29,33,35H,1,8,12-13,16-17,21,23-24H2,2-6H3,(H,42,47)(H,43,45)(H,48,49);4H,3H2,1-2H3/t30-,33-,37+,39-,45+,62?;26-,29-,33+,35-,40+;/m11./s1. The van der Waals surface area contributed by atoms with Gasteiger partial charge in [-0.05, 0) is 141 Å². The van der Waals surface area contributed by atoms with Gasteiger partial charge in [-0.2, -0.15) is 0 Å². The van der Waals surface area contributed by atoms with Crippen LogP contribution in [-0.2, 0) is 70.3 Å². The number of carbonyl (C=O) groups excluding carboxylic acids is 8. The molecule has 12 atom stereocenters. The van der Waals surface area contributed by atoms with Crippen LogP contribution < -0.4 is 40.2 Å². The molecule has 5 N–H and O–H groups in total. The van der Waals surface area contributed by atoms with Crippen LogP contribution in [0.4, 0.5) is 19.2 Å². The minimum atomic E-state index is -4.34. The van der Waals surface area contributed by atoms with Crippen molar-refractivity contribution in [1.82, 2.24) is 41.0 Å². The molecule has 0 spiro atoms. The summed E-state index contributed by atoms with van der Waals surface area (Å²) in [4.78, 5) is 131. The topological polar surface area (TPSA) is 391 Å². The molecule has 2 aromatic heterocycles. The summed E-state index contributed by atoms with van der Waals surface area (Å²) in [5.41, 5.74) is 2.65. The number of rotatable bonds is 32. The highest BCUT2D eigenvalue weighted by atomic mass is 35.5. The smallest absolute Gasteiger partial charge is 0.497 e. The highest BCUT2D eigenvalue weighted by Gasteiger charge is 2.70. The zero-order valence-corrected chi connectivity index (χ0v) is 76.1. The van der Waals surface area contributed by atoms with Gasteiger partial charge in [0.2, 0.25) is 30.4 Å². The lowest BCUT2D eigenvalue weighted by atomic mass is 9.85. The summed E-state index contributed by atoms with van der Waals surface area (Å²) in [6.07, 6.45) is 4.60. The largest absolute Gasteiger partial charge is 0.510 e. The van der Waals surface area contributed by atoms with Gasteiger partial charge in [0.1, 0.15) is 82.1 Å². The summed E-state index contributed by atoms with van der Waals surface area (Å²) in [6, 6.07) is 29.2. The van der Waals surface area contributed by atoms with Crippen LogP contribution in [0, 0.1) is 22.7 Å². The average Bonchev–Trinajstić information content (AvgIpc) is 1.55. The maximum atomic E-state index is 14.9. The van der Waals surface area contributed by atoms with E-state index >= 15 is 0 Å². The minimum absolute atomic E-state index is 0.0103. The molecule has 2 unspecified atom stereocenters. The van der Waals surface area contributed by atoms with Crippen LogP contribution >= 0.6 is 26.8 Å². The van der Waals surface area contributed by atoms with E-state index in [1.54, 1.807) is 67.9 Å². The first-order valence-corrected chi connectivity index (χ1v) is 46.0. The highest BCUT2D eigenvalue weighted by Crippen LogP contribution is 2.73. The molecular formula is C90H119ClN8O24P2. The van der Waals surface area contributed by atoms with Crippen molar-refractivity contribution in [3.63, 3.8) is 0 Å². The molecule has 6 fully saturated rings. The van der Waals surface area contributed by atoms with Crippen LogP contribution in [0.2, 0.25) is 0 Å². The second kappa shape index (κ2) is 42.5. The molecule has 6 aromatic rings. The second-order valence-corrected chi connectivity index (χ2v) is 38.9. The van der Waals surface area contributed by atoms with Gasteiger partial charge in [-0.25, -0.2) is 29.1 Å². The molecule has 2 saturated heterocycles. The summed E-state index contributed by atoms with van der Waals surface area (Å²) in [6.45, 7) is 27.6. The van der Waals surface area contributed by atoms with E-state index in [1.807, 2.05) is 139 Å². The van der Waals surface area contributed by atoms with E-state index in [2.05, 4.69) is 43.9 Å². The maximum absolute atomic E-state index is 14.9. The molecule has 2 aliphatic heterocycles. The van der Waals surface area contributed by atoms with E-state index in [4.69, 9.17) is 73.0 Å². The molecule has 4 aromatic carbocycles. The van der Waals surface area contributed by atoms with E-state index < -0.39 is 146 Å². The first-order chi connectivity index (χ1) is 59.4. The Labute approximate surface area is 734 Å². The number of carbonyl (C=O) groups is 8. The molecule has 35 heteroatoms. The molecule has 4 heterocycles. The number of aromatic nitrogens is 2. The third-order valence-electron chi connectivity index (χ3n) is 22.3. The molecular weight excluding hydrogens is 1670 g/mol. The number of fused-ring (bicyclic) bond motifs is 2. The second-order valence-electron chi connectivity index (χ2n) is 34.2. The van der Waals surface area contributed by atoms with Crippen molar-refractivity contribution < 1.29 is 113 Å². The highest BCUT2D eigenvalue weighted by molar-refractivity contribution is 7.56. The Morgan fingerprint density at radius 1 is 0.560 bits per heavy atom. The molecule has 32 nitrogen and oxygen atoms in total. The molecule has 6 aliphatic rings. The normalized spacial score (nSPS) is 22.4. The molecule has 12 rings (SSSR count). The van der Waals surface area contributed by atoms with Gasteiger partial charge in [-0.1, -0.05) is 126 Å². The van der Waals surface area contributed by atoms with Crippen molar-refractivity contribution >= 4 is 96.7 Å². The fraction of sp³-hybridized carbons (Fsp3) is 0.533. The summed E-state index contributed by atoms with van der Waals surface area (Å²) in [5, 5.41) is 9.57. The van der Waals surface area contributed by atoms with Crippen LogP contribution in [0.1, 0.15) is 160 Å². The maximum Gasteiger partial charge on any atom is 0.510 e. The van der Waals surface area contributed by atoms with Crippen molar-refractivity contribution in [2.75, 3.05) is 53.4 Å². The lowest BCUT2D eigenvalue weighted by Gasteiger charge is -2.36. The van der Waals surface area contributed by atoms with Crippen molar-refractivity contribution in [3.8, 4) is 45.5 Å². The molecule has 0 bridgehead atoms. The monoisotopic (exact) mass is 1790 g/mol. The minimum Gasteiger partial charge on any atom is -0.497 e. The Kier molecular flexibility index (Phi) is 33.0. The van der Waals surface area contributed by atoms with E-state index in [0.29, 0.717) is 56.2 Å². The Morgan fingerprint density at radius 3 is 1.33 bits per heavy atom. The molecule has 0 radical (unpaired) electrons. The van der Waals surface area contributed by atoms with E-state index in [-0.39, 0.29) is 76.4 Å². The van der Waals surface area contributed by atoms with Gasteiger partial charge in [-0.3, -0.25) is 32.8 Å². The number of nitrogens with one attached hydrogen (secondary N) is 4. The van der Waals surface area contributed by atoms with Gasteiger partial charge in [0.15, 0.2) is 6.07 Å². The lowest BCUT2D eigenvalue weighted by Crippen LogP contribution is -2.58. The lowest BCUT2D eigenvalue weighted by molar-refractivity contribution is -0.142. The molecule has 680 valence electrons.